The largest absolute Gasteiger partial charge is 0.396 e. The topological polar surface area (TPSA) is 98.0 Å². The van der Waals surface area contributed by atoms with Crippen molar-refractivity contribution >= 4 is 33.1 Å². The molecule has 0 saturated carbocycles. The van der Waals surface area contributed by atoms with Crippen molar-refractivity contribution < 1.29 is 12.8 Å². The highest BCUT2D eigenvalue weighted by Gasteiger charge is 2.22. The van der Waals surface area contributed by atoms with Crippen molar-refractivity contribution in [3.8, 4) is 0 Å². The third kappa shape index (κ3) is 2.91. The number of nitrogens with one attached hydrogen (secondary N) is 1. The lowest BCUT2D eigenvalue weighted by atomic mass is 10.3. The Bertz CT molecular complexity index is 709. The van der Waals surface area contributed by atoms with Gasteiger partial charge in [0, 0.05) is 11.2 Å². The average Bonchev–Trinajstić information content (AvgIpc) is 2.34. The van der Waals surface area contributed by atoms with Crippen LogP contribution >= 0.6 is 11.6 Å². The molecular weight excluding hydrogens is 295 g/mol. The Hall–Kier alpha value is -1.93. The van der Waals surface area contributed by atoms with E-state index in [4.69, 9.17) is 17.3 Å². The van der Waals surface area contributed by atoms with Gasteiger partial charge in [-0.05, 0) is 24.3 Å². The minimum atomic E-state index is -4.18. The van der Waals surface area contributed by atoms with Crippen LogP contribution in [-0.2, 0) is 10.0 Å². The number of halogens is 2. The van der Waals surface area contributed by atoms with Gasteiger partial charge in [0.1, 0.15) is 4.90 Å². The molecular formula is C10H8ClFN4O2S. The summed E-state index contributed by atoms with van der Waals surface area (Å²) in [6.07, 6.45) is 1.37. The minimum absolute atomic E-state index is 0.0124. The van der Waals surface area contributed by atoms with Crippen molar-refractivity contribution in [2.75, 3.05) is 10.5 Å². The van der Waals surface area contributed by atoms with Crippen molar-refractivity contribution in [2.45, 2.75) is 4.90 Å². The molecule has 6 nitrogen and oxygen atoms in total. The third-order valence-electron chi connectivity index (χ3n) is 2.13. The molecule has 0 fully saturated rings. The number of nitrogen functional groups attached to an aromatic ring is 1. The fourth-order valence-electron chi connectivity index (χ4n) is 1.33. The number of sulfonamides is 1. The van der Waals surface area contributed by atoms with Gasteiger partial charge in [-0.3, -0.25) is 4.72 Å². The highest BCUT2D eigenvalue weighted by atomic mass is 35.5. The van der Waals surface area contributed by atoms with E-state index < -0.39 is 20.7 Å². The molecule has 1 aromatic heterocycles. The van der Waals surface area contributed by atoms with Gasteiger partial charge in [-0.15, -0.1) is 5.10 Å². The Balaban J connectivity index is 2.46. The zero-order valence-corrected chi connectivity index (χ0v) is 10.9. The molecule has 1 heterocycles. The highest BCUT2D eigenvalue weighted by Crippen LogP contribution is 2.26. The molecule has 0 amide bonds. The monoisotopic (exact) mass is 302 g/mol. The van der Waals surface area contributed by atoms with Gasteiger partial charge in [-0.1, -0.05) is 11.6 Å². The lowest BCUT2D eigenvalue weighted by Gasteiger charge is -2.09. The van der Waals surface area contributed by atoms with Gasteiger partial charge in [0.25, 0.3) is 10.0 Å². The normalized spacial score (nSPS) is 11.3. The fourth-order valence-corrected chi connectivity index (χ4v) is 2.75. The van der Waals surface area contributed by atoms with E-state index in [1.165, 1.54) is 18.3 Å². The second-order valence-corrected chi connectivity index (χ2v) is 5.61. The minimum Gasteiger partial charge on any atom is -0.396 e. The van der Waals surface area contributed by atoms with E-state index in [0.717, 1.165) is 12.1 Å². The second kappa shape index (κ2) is 4.98. The smallest absolute Gasteiger partial charge is 0.266 e. The number of aromatic nitrogens is 2. The van der Waals surface area contributed by atoms with Gasteiger partial charge in [0.15, 0.2) is 11.6 Å². The van der Waals surface area contributed by atoms with Gasteiger partial charge in [-0.2, -0.15) is 5.10 Å². The van der Waals surface area contributed by atoms with E-state index in [2.05, 4.69) is 14.9 Å². The molecule has 0 atom stereocenters. The predicted molar refractivity (Wildman–Crippen MR) is 68.7 cm³/mol. The van der Waals surface area contributed by atoms with Gasteiger partial charge in [0.05, 0.1) is 5.69 Å². The summed E-state index contributed by atoms with van der Waals surface area (Å²) in [5, 5.41) is 7.05. The van der Waals surface area contributed by atoms with Crippen LogP contribution in [0.5, 0.6) is 0 Å². The van der Waals surface area contributed by atoms with E-state index in [9.17, 15) is 12.8 Å². The number of nitrogens with zero attached hydrogens (tertiary/aromatic N) is 2. The maximum Gasteiger partial charge on any atom is 0.266 e. The summed E-state index contributed by atoms with van der Waals surface area (Å²) in [4.78, 5) is -0.650. The maximum atomic E-state index is 13.7. The molecule has 9 heteroatoms. The Morgan fingerprint density at radius 2 is 2.11 bits per heavy atom. The number of nitrogens with two attached hydrogens (primary N) is 1. The number of anilines is 2. The summed E-state index contributed by atoms with van der Waals surface area (Å²) in [7, 11) is -4.18. The van der Waals surface area contributed by atoms with Crippen LogP contribution in [-0.4, -0.2) is 18.6 Å². The van der Waals surface area contributed by atoms with Crippen molar-refractivity contribution in [1.29, 1.82) is 0 Å². The number of rotatable bonds is 3. The first-order valence-electron chi connectivity index (χ1n) is 4.95. The molecule has 0 saturated heterocycles. The first-order valence-corrected chi connectivity index (χ1v) is 6.81. The second-order valence-electron chi connectivity index (χ2n) is 3.52. The van der Waals surface area contributed by atoms with Crippen LogP contribution in [0.3, 0.4) is 0 Å². The zero-order chi connectivity index (χ0) is 14.0. The Labute approximate surface area is 113 Å². The van der Waals surface area contributed by atoms with Crippen LogP contribution < -0.4 is 10.5 Å². The van der Waals surface area contributed by atoms with Gasteiger partial charge < -0.3 is 5.73 Å². The van der Waals surface area contributed by atoms with Gasteiger partial charge >= 0.3 is 0 Å². The lowest BCUT2D eigenvalue weighted by Crippen LogP contribution is -2.16. The Morgan fingerprint density at radius 1 is 1.37 bits per heavy atom. The molecule has 2 rings (SSSR count). The molecule has 0 aliphatic heterocycles. The summed E-state index contributed by atoms with van der Waals surface area (Å²) < 4.78 is 39.8. The first-order chi connectivity index (χ1) is 8.90. The van der Waals surface area contributed by atoms with Crippen LogP contribution in [0.4, 0.5) is 15.9 Å². The van der Waals surface area contributed by atoms with Crippen LogP contribution in [0.1, 0.15) is 0 Å². The Morgan fingerprint density at radius 3 is 2.74 bits per heavy atom. The average molecular weight is 303 g/mol. The molecule has 100 valence electrons. The standard InChI is InChI=1S/C10H8ClFN4O2S/c11-6-4-7(13)10(12)8(5-6)19(17,18)16-9-2-1-3-14-15-9/h1-5H,13H2,(H,15,16). The molecule has 0 unspecified atom stereocenters. The van der Waals surface area contributed by atoms with Gasteiger partial charge in [0.2, 0.25) is 0 Å². The lowest BCUT2D eigenvalue weighted by molar-refractivity contribution is 0.572. The summed E-state index contributed by atoms with van der Waals surface area (Å²) in [6, 6.07) is 4.94. The highest BCUT2D eigenvalue weighted by molar-refractivity contribution is 7.92. The van der Waals surface area contributed by atoms with Crippen molar-refractivity contribution in [1.82, 2.24) is 10.2 Å². The molecule has 0 aliphatic rings. The van der Waals surface area contributed by atoms with Crippen molar-refractivity contribution in [3.63, 3.8) is 0 Å². The van der Waals surface area contributed by atoms with E-state index >= 15 is 0 Å². The van der Waals surface area contributed by atoms with E-state index in [-0.39, 0.29) is 16.5 Å². The third-order valence-corrected chi connectivity index (χ3v) is 3.71. The first kappa shape index (κ1) is 13.5. The fraction of sp³-hybridized carbons (Fsp3) is 0. The Kier molecular flexibility index (Phi) is 3.54. The van der Waals surface area contributed by atoms with Crippen molar-refractivity contribution in [2.24, 2.45) is 0 Å². The number of benzene rings is 1. The van der Waals surface area contributed by atoms with E-state index in [1.807, 2.05) is 0 Å². The molecule has 2 aromatic rings. The number of hydrogen-bond acceptors (Lipinski definition) is 5. The van der Waals surface area contributed by atoms with Crippen LogP contribution in [0.2, 0.25) is 5.02 Å². The van der Waals surface area contributed by atoms with Crippen LogP contribution in [0.15, 0.2) is 35.4 Å². The molecule has 0 radical (unpaired) electrons. The molecule has 0 bridgehead atoms. The summed E-state index contributed by atoms with van der Waals surface area (Å²) in [5.74, 6) is -1.11. The molecule has 0 aliphatic carbocycles. The van der Waals surface area contributed by atoms with E-state index in [0.29, 0.717) is 0 Å². The van der Waals surface area contributed by atoms with Crippen LogP contribution in [0, 0.1) is 5.82 Å². The maximum absolute atomic E-state index is 13.7. The molecule has 0 spiro atoms. The van der Waals surface area contributed by atoms with Gasteiger partial charge in [-0.25, -0.2) is 12.8 Å². The number of hydrogen-bond donors (Lipinski definition) is 2. The molecule has 19 heavy (non-hydrogen) atoms. The van der Waals surface area contributed by atoms with Crippen molar-refractivity contribution in [3.05, 3.63) is 41.3 Å². The quantitative estimate of drug-likeness (QED) is 0.840. The predicted octanol–water partition coefficient (Wildman–Crippen LogP) is 1.65. The molecule has 1 aromatic carbocycles. The molecule has 3 N–H and O–H groups in total. The van der Waals surface area contributed by atoms with Crippen LogP contribution in [0.25, 0.3) is 0 Å². The SMILES string of the molecule is Nc1cc(Cl)cc(S(=O)(=O)Nc2cccnn2)c1F. The summed E-state index contributed by atoms with van der Waals surface area (Å²) in [6.45, 7) is 0. The van der Waals surface area contributed by atoms with E-state index in [1.54, 1.807) is 0 Å². The zero-order valence-electron chi connectivity index (χ0n) is 9.34. The summed E-state index contributed by atoms with van der Waals surface area (Å²) in [5.41, 5.74) is 4.98. The summed E-state index contributed by atoms with van der Waals surface area (Å²) >= 11 is 5.66.